The van der Waals surface area contributed by atoms with Crippen molar-refractivity contribution in [2.75, 3.05) is 32.7 Å². The number of nitrogens with zero attached hydrogens (tertiary/aromatic N) is 3. The van der Waals surface area contributed by atoms with Crippen LogP contribution < -0.4 is 10.6 Å². The van der Waals surface area contributed by atoms with Crippen LogP contribution in [0, 0.1) is 5.82 Å². The quantitative estimate of drug-likeness (QED) is 0.387. The van der Waals surface area contributed by atoms with Crippen LogP contribution in [0.15, 0.2) is 62.8 Å². The van der Waals surface area contributed by atoms with Crippen molar-refractivity contribution in [1.82, 2.24) is 20.5 Å². The molecule has 0 spiro atoms. The molecule has 1 fully saturated rings. The molecular formula is C24H30FN5O2. The molecule has 0 amide bonds. The van der Waals surface area contributed by atoms with Gasteiger partial charge in [-0.3, -0.25) is 9.89 Å². The molecule has 2 aromatic heterocycles. The average Bonchev–Trinajstić information content (AvgIpc) is 3.58. The number of hydrogen-bond acceptors (Lipinski definition) is 5. The number of aliphatic imine (C=N–C) groups is 1. The number of furan rings is 1. The number of aromatic nitrogens is 1. The second-order valence-corrected chi connectivity index (χ2v) is 7.82. The smallest absolute Gasteiger partial charge is 0.226 e. The van der Waals surface area contributed by atoms with Crippen LogP contribution in [0.5, 0.6) is 0 Å². The van der Waals surface area contributed by atoms with Crippen LogP contribution in [0.25, 0.3) is 11.5 Å². The largest absolute Gasteiger partial charge is 0.468 e. The highest BCUT2D eigenvalue weighted by molar-refractivity contribution is 5.79. The summed E-state index contributed by atoms with van der Waals surface area (Å²) >= 11 is 0. The van der Waals surface area contributed by atoms with E-state index < -0.39 is 0 Å². The monoisotopic (exact) mass is 439 g/mol. The third kappa shape index (κ3) is 5.76. The van der Waals surface area contributed by atoms with E-state index in [9.17, 15) is 4.39 Å². The summed E-state index contributed by atoms with van der Waals surface area (Å²) in [6.45, 7) is 6.27. The third-order valence-corrected chi connectivity index (χ3v) is 5.54. The minimum atomic E-state index is -0.279. The van der Waals surface area contributed by atoms with Gasteiger partial charge in [0.25, 0.3) is 0 Å². The summed E-state index contributed by atoms with van der Waals surface area (Å²) in [7, 11) is 0. The van der Waals surface area contributed by atoms with Gasteiger partial charge in [0.15, 0.2) is 5.96 Å². The molecule has 0 saturated carbocycles. The number of oxazole rings is 1. The molecule has 3 heterocycles. The lowest BCUT2D eigenvalue weighted by atomic mass is 10.2. The maximum Gasteiger partial charge on any atom is 0.226 e. The zero-order valence-electron chi connectivity index (χ0n) is 18.4. The van der Waals surface area contributed by atoms with Gasteiger partial charge < -0.3 is 19.5 Å². The average molecular weight is 440 g/mol. The van der Waals surface area contributed by atoms with Crippen LogP contribution in [-0.4, -0.2) is 48.6 Å². The second kappa shape index (κ2) is 10.9. The van der Waals surface area contributed by atoms with Crippen molar-refractivity contribution in [3.63, 3.8) is 0 Å². The molecule has 4 rings (SSSR count). The molecule has 0 radical (unpaired) electrons. The fourth-order valence-corrected chi connectivity index (χ4v) is 3.89. The fourth-order valence-electron chi connectivity index (χ4n) is 3.89. The van der Waals surface area contributed by atoms with Crippen LogP contribution in [0.3, 0.4) is 0 Å². The summed E-state index contributed by atoms with van der Waals surface area (Å²) in [6, 6.07) is 10.2. The first-order valence-electron chi connectivity index (χ1n) is 11.2. The maximum atomic E-state index is 13.1. The van der Waals surface area contributed by atoms with E-state index in [0.717, 1.165) is 42.6 Å². The molecular weight excluding hydrogens is 409 g/mol. The highest BCUT2D eigenvalue weighted by Crippen LogP contribution is 2.25. The van der Waals surface area contributed by atoms with Crippen molar-refractivity contribution in [2.24, 2.45) is 4.99 Å². The number of rotatable bonds is 9. The van der Waals surface area contributed by atoms with E-state index >= 15 is 0 Å². The molecule has 7 nitrogen and oxygen atoms in total. The van der Waals surface area contributed by atoms with Gasteiger partial charge in [-0.2, -0.15) is 0 Å². The lowest BCUT2D eigenvalue weighted by Gasteiger charge is -2.24. The molecule has 3 aromatic rings. The van der Waals surface area contributed by atoms with Gasteiger partial charge in [-0.25, -0.2) is 9.37 Å². The Morgan fingerprint density at radius 2 is 1.97 bits per heavy atom. The molecule has 2 N–H and O–H groups in total. The van der Waals surface area contributed by atoms with Crippen molar-refractivity contribution in [1.29, 1.82) is 0 Å². The Hall–Kier alpha value is -3.13. The van der Waals surface area contributed by atoms with Gasteiger partial charge in [0.1, 0.15) is 17.8 Å². The van der Waals surface area contributed by atoms with E-state index in [1.807, 2.05) is 19.1 Å². The molecule has 32 heavy (non-hydrogen) atoms. The lowest BCUT2D eigenvalue weighted by Crippen LogP contribution is -2.39. The van der Waals surface area contributed by atoms with Gasteiger partial charge in [0, 0.05) is 25.1 Å². The number of halogens is 1. The van der Waals surface area contributed by atoms with Crippen molar-refractivity contribution in [2.45, 2.75) is 32.2 Å². The standard InChI is InChI=1S/C24H30FN5O2/c1-2-26-24(28-16-21(22-6-5-15-31-22)30-13-3-4-14-30)27-12-11-20-17-32-23(29-20)18-7-9-19(25)10-8-18/h5-10,15,17,21H,2-4,11-14,16H2,1H3,(H2,26,27,28). The van der Waals surface area contributed by atoms with E-state index in [2.05, 4.69) is 20.5 Å². The first-order chi connectivity index (χ1) is 15.7. The Morgan fingerprint density at radius 3 is 2.69 bits per heavy atom. The minimum Gasteiger partial charge on any atom is -0.468 e. The predicted molar refractivity (Wildman–Crippen MR) is 122 cm³/mol. The molecule has 8 heteroatoms. The van der Waals surface area contributed by atoms with E-state index in [0.29, 0.717) is 25.4 Å². The zero-order chi connectivity index (χ0) is 22.2. The SMILES string of the molecule is CCNC(=NCC(c1ccco1)N1CCCC1)NCCc1coc(-c2ccc(F)cc2)n1. The summed E-state index contributed by atoms with van der Waals surface area (Å²) in [5, 5.41) is 6.68. The highest BCUT2D eigenvalue weighted by Gasteiger charge is 2.25. The first-order valence-corrected chi connectivity index (χ1v) is 11.2. The molecule has 1 aromatic carbocycles. The minimum absolute atomic E-state index is 0.150. The van der Waals surface area contributed by atoms with Crippen LogP contribution in [-0.2, 0) is 6.42 Å². The second-order valence-electron chi connectivity index (χ2n) is 7.82. The summed E-state index contributed by atoms with van der Waals surface area (Å²) in [6.07, 6.45) is 6.49. The summed E-state index contributed by atoms with van der Waals surface area (Å²) < 4.78 is 24.4. The van der Waals surface area contributed by atoms with Gasteiger partial charge in [0.05, 0.1) is 24.5 Å². The molecule has 0 bridgehead atoms. The molecule has 1 aliphatic heterocycles. The molecule has 1 aliphatic rings. The number of guanidine groups is 1. The summed E-state index contributed by atoms with van der Waals surface area (Å²) in [4.78, 5) is 11.8. The Balaban J connectivity index is 1.34. The van der Waals surface area contributed by atoms with Crippen molar-refractivity contribution in [3.05, 3.63) is 66.2 Å². The zero-order valence-corrected chi connectivity index (χ0v) is 18.4. The van der Waals surface area contributed by atoms with Crippen molar-refractivity contribution >= 4 is 5.96 Å². The molecule has 1 unspecified atom stereocenters. The Kier molecular flexibility index (Phi) is 7.55. The topological polar surface area (TPSA) is 78.8 Å². The first kappa shape index (κ1) is 22.1. The van der Waals surface area contributed by atoms with Crippen molar-refractivity contribution in [3.8, 4) is 11.5 Å². The van der Waals surface area contributed by atoms with Gasteiger partial charge in [-0.05, 0) is 69.3 Å². The van der Waals surface area contributed by atoms with Crippen LogP contribution >= 0.6 is 0 Å². The van der Waals surface area contributed by atoms with Gasteiger partial charge in [0.2, 0.25) is 5.89 Å². The number of nitrogens with one attached hydrogen (secondary N) is 2. The Labute approximate surface area is 187 Å². The summed E-state index contributed by atoms with van der Waals surface area (Å²) in [5.41, 5.74) is 1.59. The highest BCUT2D eigenvalue weighted by atomic mass is 19.1. The molecule has 170 valence electrons. The number of benzene rings is 1. The lowest BCUT2D eigenvalue weighted by molar-refractivity contribution is 0.221. The maximum absolute atomic E-state index is 13.1. The van der Waals surface area contributed by atoms with E-state index in [-0.39, 0.29) is 11.9 Å². The van der Waals surface area contributed by atoms with Crippen LogP contribution in [0.4, 0.5) is 4.39 Å². The Morgan fingerprint density at radius 1 is 1.16 bits per heavy atom. The van der Waals surface area contributed by atoms with Gasteiger partial charge in [-0.15, -0.1) is 0 Å². The predicted octanol–water partition coefficient (Wildman–Crippen LogP) is 4.01. The van der Waals surface area contributed by atoms with E-state index in [1.54, 1.807) is 24.7 Å². The van der Waals surface area contributed by atoms with Crippen molar-refractivity contribution < 1.29 is 13.2 Å². The van der Waals surface area contributed by atoms with E-state index in [4.69, 9.17) is 13.8 Å². The number of hydrogen-bond donors (Lipinski definition) is 2. The van der Waals surface area contributed by atoms with Gasteiger partial charge in [-0.1, -0.05) is 0 Å². The van der Waals surface area contributed by atoms with Gasteiger partial charge >= 0.3 is 0 Å². The third-order valence-electron chi connectivity index (χ3n) is 5.54. The van der Waals surface area contributed by atoms with E-state index in [1.165, 1.54) is 25.0 Å². The molecule has 1 saturated heterocycles. The normalized spacial score (nSPS) is 15.8. The van der Waals surface area contributed by atoms with Crippen LogP contribution in [0.2, 0.25) is 0 Å². The molecule has 1 atom stereocenters. The summed E-state index contributed by atoms with van der Waals surface area (Å²) in [5.74, 6) is 1.94. The molecule has 0 aliphatic carbocycles. The fraction of sp³-hybridized carbons (Fsp3) is 0.417. The Bertz CT molecular complexity index is 978. The number of likely N-dealkylation sites (tertiary alicyclic amines) is 1. The van der Waals surface area contributed by atoms with Crippen LogP contribution in [0.1, 0.15) is 37.3 Å².